The molecule has 2 heterocycles. The van der Waals surface area contributed by atoms with Crippen LogP contribution in [0.15, 0.2) is 24.3 Å². The van der Waals surface area contributed by atoms with E-state index in [-0.39, 0.29) is 23.8 Å². The first-order chi connectivity index (χ1) is 12.7. The summed E-state index contributed by atoms with van der Waals surface area (Å²) in [6.07, 6.45) is 9.12. The van der Waals surface area contributed by atoms with Crippen molar-refractivity contribution in [2.45, 2.75) is 38.1 Å². The van der Waals surface area contributed by atoms with Crippen molar-refractivity contribution in [3.8, 4) is 0 Å². The van der Waals surface area contributed by atoms with E-state index in [4.69, 9.17) is 4.74 Å². The van der Waals surface area contributed by atoms with Crippen LogP contribution in [-0.2, 0) is 16.0 Å². The molecule has 0 aromatic heterocycles. The Morgan fingerprint density at radius 3 is 2.96 bits per heavy atom. The lowest BCUT2D eigenvalue weighted by molar-refractivity contribution is -0.129. The summed E-state index contributed by atoms with van der Waals surface area (Å²) >= 11 is 0. The topological polar surface area (TPSA) is 58.6 Å². The van der Waals surface area contributed by atoms with Gasteiger partial charge >= 0.3 is 0 Å². The minimum absolute atomic E-state index is 0.0401. The van der Waals surface area contributed by atoms with E-state index in [9.17, 15) is 9.59 Å². The third-order valence-corrected chi connectivity index (χ3v) is 5.72. The number of hydrogen-bond donors (Lipinski definition) is 1. The van der Waals surface area contributed by atoms with Crippen molar-refractivity contribution in [3.05, 3.63) is 41.0 Å². The molecule has 0 radical (unpaired) electrons. The molecule has 2 aliphatic heterocycles. The Labute approximate surface area is 154 Å². The standard InChI is InChI=1S/C21H26N2O3/c24-20(18-6-3-11-26-14-18)22-13-19-9-10-23(19)21(25)17-8-7-15-4-1-2-5-16(15)12-17/h1,4,7-8,12,18-19H,2-3,5-6,9-11,13-14H2,(H,22,24). The molecule has 1 aromatic rings. The van der Waals surface area contributed by atoms with Gasteiger partial charge in [0.05, 0.1) is 18.6 Å². The van der Waals surface area contributed by atoms with Gasteiger partial charge in [0.15, 0.2) is 0 Å². The van der Waals surface area contributed by atoms with Crippen molar-refractivity contribution in [1.82, 2.24) is 10.2 Å². The third-order valence-electron chi connectivity index (χ3n) is 5.72. The van der Waals surface area contributed by atoms with Gasteiger partial charge in [0.25, 0.3) is 5.91 Å². The van der Waals surface area contributed by atoms with Gasteiger partial charge < -0.3 is 15.0 Å². The van der Waals surface area contributed by atoms with E-state index in [1.165, 1.54) is 11.1 Å². The summed E-state index contributed by atoms with van der Waals surface area (Å²) in [4.78, 5) is 27.0. The molecule has 2 unspecified atom stereocenters. The maximum absolute atomic E-state index is 12.8. The third kappa shape index (κ3) is 3.54. The number of hydrogen-bond acceptors (Lipinski definition) is 3. The largest absolute Gasteiger partial charge is 0.381 e. The molecule has 2 fully saturated rings. The van der Waals surface area contributed by atoms with Gasteiger partial charge in [-0.25, -0.2) is 0 Å². The molecule has 2 amide bonds. The lowest BCUT2D eigenvalue weighted by atomic mass is 9.94. The Kier molecular flexibility index (Phi) is 5.07. The zero-order chi connectivity index (χ0) is 17.9. The molecule has 5 nitrogen and oxygen atoms in total. The van der Waals surface area contributed by atoms with Crippen molar-refractivity contribution in [2.24, 2.45) is 5.92 Å². The zero-order valence-corrected chi connectivity index (χ0v) is 15.1. The summed E-state index contributed by atoms with van der Waals surface area (Å²) in [7, 11) is 0. The number of nitrogens with zero attached hydrogens (tertiary/aromatic N) is 1. The highest BCUT2D eigenvalue weighted by Crippen LogP contribution is 2.24. The van der Waals surface area contributed by atoms with Crippen LogP contribution < -0.4 is 5.32 Å². The fourth-order valence-corrected chi connectivity index (χ4v) is 3.96. The maximum atomic E-state index is 12.8. The van der Waals surface area contributed by atoms with E-state index < -0.39 is 0 Å². The Balaban J connectivity index is 1.34. The lowest BCUT2D eigenvalue weighted by Crippen LogP contribution is -2.56. The van der Waals surface area contributed by atoms with Gasteiger partial charge in [-0.3, -0.25) is 9.59 Å². The molecule has 138 valence electrons. The van der Waals surface area contributed by atoms with Gasteiger partial charge in [0, 0.05) is 25.3 Å². The number of likely N-dealkylation sites (tertiary alicyclic amines) is 1. The molecule has 4 rings (SSSR count). The van der Waals surface area contributed by atoms with Crippen molar-refractivity contribution < 1.29 is 14.3 Å². The summed E-state index contributed by atoms with van der Waals surface area (Å²) in [6, 6.07) is 6.10. The molecule has 2 saturated heterocycles. The fourth-order valence-electron chi connectivity index (χ4n) is 3.96. The van der Waals surface area contributed by atoms with Crippen LogP contribution in [0, 0.1) is 5.92 Å². The number of nitrogens with one attached hydrogen (secondary N) is 1. The summed E-state index contributed by atoms with van der Waals surface area (Å²) in [5, 5.41) is 3.02. The normalized spacial score (nSPS) is 24.5. The Morgan fingerprint density at radius 1 is 1.27 bits per heavy atom. The maximum Gasteiger partial charge on any atom is 0.254 e. The number of allylic oxidation sites excluding steroid dienone is 1. The van der Waals surface area contributed by atoms with Crippen molar-refractivity contribution >= 4 is 17.9 Å². The summed E-state index contributed by atoms with van der Waals surface area (Å²) in [6.45, 7) is 2.58. The molecule has 1 aromatic carbocycles. The van der Waals surface area contributed by atoms with Crippen molar-refractivity contribution in [3.63, 3.8) is 0 Å². The van der Waals surface area contributed by atoms with Gasteiger partial charge in [-0.15, -0.1) is 0 Å². The van der Waals surface area contributed by atoms with Crippen LogP contribution in [-0.4, -0.2) is 49.1 Å². The van der Waals surface area contributed by atoms with Crippen LogP contribution in [0.5, 0.6) is 0 Å². The van der Waals surface area contributed by atoms with E-state index in [1.807, 2.05) is 23.1 Å². The predicted molar refractivity (Wildman–Crippen MR) is 99.8 cm³/mol. The second kappa shape index (κ2) is 7.62. The Morgan fingerprint density at radius 2 is 2.19 bits per heavy atom. The van der Waals surface area contributed by atoms with Gasteiger partial charge in [0.1, 0.15) is 0 Å². The highest BCUT2D eigenvalue weighted by molar-refractivity contribution is 5.95. The number of aryl methyl sites for hydroxylation is 1. The number of benzene rings is 1. The molecule has 2 atom stereocenters. The number of ether oxygens (including phenoxy) is 1. The average Bonchev–Trinajstić information content (AvgIpc) is 2.67. The summed E-state index contributed by atoms with van der Waals surface area (Å²) < 4.78 is 5.38. The number of rotatable bonds is 4. The molecule has 5 heteroatoms. The quantitative estimate of drug-likeness (QED) is 0.903. The van der Waals surface area contributed by atoms with Crippen LogP contribution in [0.4, 0.5) is 0 Å². The second-order valence-corrected chi connectivity index (χ2v) is 7.45. The molecule has 26 heavy (non-hydrogen) atoms. The fraction of sp³-hybridized carbons (Fsp3) is 0.524. The van der Waals surface area contributed by atoms with E-state index in [2.05, 4.69) is 17.5 Å². The minimum atomic E-state index is -0.0401. The second-order valence-electron chi connectivity index (χ2n) is 7.45. The number of carbonyl (C=O) groups excluding carboxylic acids is 2. The molecule has 0 saturated carbocycles. The SMILES string of the molecule is O=C(NCC1CCN1C(=O)c1ccc2c(c1)CCC=C2)C1CCCOC1. The van der Waals surface area contributed by atoms with Gasteiger partial charge in [-0.2, -0.15) is 0 Å². The zero-order valence-electron chi connectivity index (χ0n) is 15.1. The van der Waals surface area contributed by atoms with Gasteiger partial charge in [-0.1, -0.05) is 18.2 Å². The molecule has 0 bridgehead atoms. The van der Waals surface area contributed by atoms with Crippen molar-refractivity contribution in [1.29, 1.82) is 0 Å². The van der Waals surface area contributed by atoms with Crippen LogP contribution in [0.25, 0.3) is 6.08 Å². The van der Waals surface area contributed by atoms with Crippen LogP contribution in [0.3, 0.4) is 0 Å². The van der Waals surface area contributed by atoms with Crippen LogP contribution in [0.2, 0.25) is 0 Å². The number of carbonyl (C=O) groups is 2. The summed E-state index contributed by atoms with van der Waals surface area (Å²) in [5.74, 6) is 0.0973. The van der Waals surface area contributed by atoms with Gasteiger partial charge in [0.2, 0.25) is 5.91 Å². The van der Waals surface area contributed by atoms with E-state index in [0.29, 0.717) is 13.2 Å². The molecule has 0 spiro atoms. The van der Waals surface area contributed by atoms with Crippen LogP contribution in [0.1, 0.15) is 47.2 Å². The Hall–Kier alpha value is -2.14. The average molecular weight is 354 g/mol. The molecule has 3 aliphatic rings. The molecule has 1 aliphatic carbocycles. The molecular weight excluding hydrogens is 328 g/mol. The number of amides is 2. The smallest absolute Gasteiger partial charge is 0.254 e. The minimum Gasteiger partial charge on any atom is -0.381 e. The lowest BCUT2D eigenvalue weighted by Gasteiger charge is -2.41. The highest BCUT2D eigenvalue weighted by atomic mass is 16.5. The molecular formula is C21H26N2O3. The predicted octanol–water partition coefficient (Wildman–Crippen LogP) is 2.40. The van der Waals surface area contributed by atoms with E-state index in [0.717, 1.165) is 50.8 Å². The summed E-state index contributed by atoms with van der Waals surface area (Å²) in [5.41, 5.74) is 3.23. The first-order valence-electron chi connectivity index (χ1n) is 9.68. The van der Waals surface area contributed by atoms with E-state index in [1.54, 1.807) is 0 Å². The first-order valence-corrected chi connectivity index (χ1v) is 9.68. The monoisotopic (exact) mass is 354 g/mol. The van der Waals surface area contributed by atoms with E-state index >= 15 is 0 Å². The van der Waals surface area contributed by atoms with Crippen molar-refractivity contribution in [2.75, 3.05) is 26.3 Å². The highest BCUT2D eigenvalue weighted by Gasteiger charge is 2.33. The molecule has 1 N–H and O–H groups in total. The first kappa shape index (κ1) is 17.3. The Bertz CT molecular complexity index is 722. The van der Waals surface area contributed by atoms with Crippen LogP contribution >= 0.6 is 0 Å². The number of fused-ring (bicyclic) bond motifs is 1. The van der Waals surface area contributed by atoms with Gasteiger partial charge in [-0.05, 0) is 55.4 Å².